The summed E-state index contributed by atoms with van der Waals surface area (Å²) in [6.07, 6.45) is 2.49. The van der Waals surface area contributed by atoms with E-state index in [1.165, 1.54) is 4.31 Å². The lowest BCUT2D eigenvalue weighted by Gasteiger charge is -2.27. The summed E-state index contributed by atoms with van der Waals surface area (Å²) in [5.74, 6) is 0.814. The van der Waals surface area contributed by atoms with E-state index in [1.54, 1.807) is 13.8 Å². The van der Waals surface area contributed by atoms with Crippen molar-refractivity contribution in [2.45, 2.75) is 71.4 Å². The van der Waals surface area contributed by atoms with Crippen LogP contribution in [0, 0.1) is 13.8 Å². The van der Waals surface area contributed by atoms with Crippen LogP contribution in [0.4, 0.5) is 0 Å². The Morgan fingerprint density at radius 3 is 2.33 bits per heavy atom. The number of nitrogens with zero attached hydrogens (tertiary/aromatic N) is 1. The van der Waals surface area contributed by atoms with E-state index in [1.807, 2.05) is 20.8 Å². The van der Waals surface area contributed by atoms with E-state index in [4.69, 9.17) is 4.42 Å². The van der Waals surface area contributed by atoms with Crippen molar-refractivity contribution >= 4 is 10.0 Å². The first-order valence-corrected chi connectivity index (χ1v) is 8.96. The van der Waals surface area contributed by atoms with E-state index in [0.29, 0.717) is 23.6 Å². The second kappa shape index (κ2) is 7.42. The van der Waals surface area contributed by atoms with Crippen LogP contribution in [0.2, 0.25) is 0 Å². The Hall–Kier alpha value is -0.850. The third-order valence-electron chi connectivity index (χ3n) is 3.86. The molecule has 0 spiro atoms. The van der Waals surface area contributed by atoms with E-state index in [9.17, 15) is 13.5 Å². The molecule has 1 atom stereocenters. The van der Waals surface area contributed by atoms with Crippen LogP contribution >= 0.6 is 0 Å². The van der Waals surface area contributed by atoms with Gasteiger partial charge in [0, 0.05) is 18.2 Å². The first-order valence-electron chi connectivity index (χ1n) is 7.52. The first-order chi connectivity index (χ1) is 9.81. The number of aryl methyl sites for hydroxylation is 2. The second-order valence-corrected chi connectivity index (χ2v) is 7.23. The molecule has 1 unspecified atom stereocenters. The number of hydrogen-bond acceptors (Lipinski definition) is 4. The van der Waals surface area contributed by atoms with Crippen LogP contribution in [0.25, 0.3) is 0 Å². The third-order valence-corrected chi connectivity index (χ3v) is 6.07. The van der Waals surface area contributed by atoms with E-state index in [0.717, 1.165) is 19.3 Å². The van der Waals surface area contributed by atoms with Crippen molar-refractivity contribution < 1.29 is 17.9 Å². The number of aliphatic hydroxyl groups is 1. The van der Waals surface area contributed by atoms with Crippen molar-refractivity contribution in [3.8, 4) is 0 Å². The Labute approximate surface area is 128 Å². The molecule has 0 bridgehead atoms. The fraction of sp³-hybridized carbons (Fsp3) is 0.733. The monoisotopic (exact) mass is 317 g/mol. The largest absolute Gasteiger partial charge is 0.465 e. The molecule has 0 fully saturated rings. The Morgan fingerprint density at radius 2 is 1.86 bits per heavy atom. The maximum absolute atomic E-state index is 13.0. The van der Waals surface area contributed by atoms with Crippen LogP contribution in [0.1, 0.15) is 57.1 Å². The summed E-state index contributed by atoms with van der Waals surface area (Å²) in [5.41, 5.74) is 0.373. The molecule has 0 saturated carbocycles. The fourth-order valence-electron chi connectivity index (χ4n) is 2.44. The molecule has 0 amide bonds. The highest BCUT2D eigenvalue weighted by molar-refractivity contribution is 7.89. The van der Waals surface area contributed by atoms with Gasteiger partial charge in [-0.05, 0) is 33.6 Å². The molecule has 5 nitrogen and oxygen atoms in total. The standard InChI is InChI=1S/C15H27NO4S/c1-6-8-9-16(11(3)7-2)21(18,19)15-13(5)20-12(4)14(15)10-17/h11,17H,6-10H2,1-5H3. The molecule has 1 aromatic heterocycles. The maximum Gasteiger partial charge on any atom is 0.247 e. The molecule has 0 aliphatic rings. The van der Waals surface area contributed by atoms with Crippen LogP contribution < -0.4 is 0 Å². The molecule has 1 rings (SSSR count). The Balaban J connectivity index is 3.35. The molecule has 0 radical (unpaired) electrons. The fourth-order valence-corrected chi connectivity index (χ4v) is 4.59. The van der Waals surface area contributed by atoms with Gasteiger partial charge >= 0.3 is 0 Å². The van der Waals surface area contributed by atoms with E-state index in [2.05, 4.69) is 0 Å². The molecule has 1 aromatic rings. The molecule has 1 heterocycles. The average molecular weight is 317 g/mol. The molecule has 1 N–H and O–H groups in total. The normalized spacial score (nSPS) is 13.9. The summed E-state index contributed by atoms with van der Waals surface area (Å²) in [6, 6.07) is -0.0808. The molecule has 0 saturated heterocycles. The van der Waals surface area contributed by atoms with Crippen LogP contribution in [0.3, 0.4) is 0 Å². The predicted octanol–water partition coefficient (Wildman–Crippen LogP) is 2.98. The number of hydrogen-bond donors (Lipinski definition) is 1. The van der Waals surface area contributed by atoms with Gasteiger partial charge in [-0.15, -0.1) is 0 Å². The molecule has 0 aromatic carbocycles. The van der Waals surface area contributed by atoms with Gasteiger partial charge in [-0.1, -0.05) is 20.3 Å². The van der Waals surface area contributed by atoms with Gasteiger partial charge in [0.15, 0.2) is 0 Å². The van der Waals surface area contributed by atoms with E-state index in [-0.39, 0.29) is 17.5 Å². The quantitative estimate of drug-likeness (QED) is 0.800. The second-order valence-electron chi connectivity index (χ2n) is 5.41. The third kappa shape index (κ3) is 3.67. The minimum absolute atomic E-state index is 0.0808. The Morgan fingerprint density at radius 1 is 1.24 bits per heavy atom. The van der Waals surface area contributed by atoms with Gasteiger partial charge in [0.05, 0.1) is 6.61 Å². The number of aliphatic hydroxyl groups excluding tert-OH is 1. The minimum Gasteiger partial charge on any atom is -0.465 e. The summed E-state index contributed by atoms with van der Waals surface area (Å²) in [4.78, 5) is 0.138. The van der Waals surface area contributed by atoms with Gasteiger partial charge in [-0.3, -0.25) is 0 Å². The number of unbranched alkanes of at least 4 members (excludes halogenated alkanes) is 1. The zero-order chi connectivity index (χ0) is 16.2. The van der Waals surface area contributed by atoms with Crippen LogP contribution in [-0.4, -0.2) is 30.4 Å². The molecule has 0 aliphatic heterocycles. The number of furan rings is 1. The lowest BCUT2D eigenvalue weighted by molar-refractivity contribution is 0.275. The highest BCUT2D eigenvalue weighted by Crippen LogP contribution is 2.30. The summed E-state index contributed by atoms with van der Waals surface area (Å²) in [5, 5.41) is 9.49. The van der Waals surface area contributed by atoms with Crippen LogP contribution in [0.15, 0.2) is 9.31 Å². The highest BCUT2D eigenvalue weighted by Gasteiger charge is 2.34. The molecule has 6 heteroatoms. The zero-order valence-electron chi connectivity index (χ0n) is 13.6. The van der Waals surface area contributed by atoms with Crippen molar-refractivity contribution in [2.24, 2.45) is 0 Å². The highest BCUT2D eigenvalue weighted by atomic mass is 32.2. The first kappa shape index (κ1) is 18.2. The van der Waals surface area contributed by atoms with Crippen molar-refractivity contribution in [1.82, 2.24) is 4.31 Å². The Kier molecular flexibility index (Phi) is 6.43. The van der Waals surface area contributed by atoms with Crippen LogP contribution in [0.5, 0.6) is 0 Å². The summed E-state index contributed by atoms with van der Waals surface area (Å²) >= 11 is 0. The Bertz CT molecular complexity index is 562. The molecule has 21 heavy (non-hydrogen) atoms. The van der Waals surface area contributed by atoms with Crippen molar-refractivity contribution in [3.63, 3.8) is 0 Å². The molecule has 0 aliphatic carbocycles. The molecular weight excluding hydrogens is 290 g/mol. The minimum atomic E-state index is -3.66. The summed E-state index contributed by atoms with van der Waals surface area (Å²) < 4.78 is 33.0. The van der Waals surface area contributed by atoms with Crippen molar-refractivity contribution in [3.05, 3.63) is 17.1 Å². The van der Waals surface area contributed by atoms with E-state index < -0.39 is 10.0 Å². The lowest BCUT2D eigenvalue weighted by atomic mass is 10.2. The molecular formula is C15H27NO4S. The van der Waals surface area contributed by atoms with Gasteiger partial charge in [0.2, 0.25) is 10.0 Å². The zero-order valence-corrected chi connectivity index (χ0v) is 14.5. The van der Waals surface area contributed by atoms with Crippen molar-refractivity contribution in [2.75, 3.05) is 6.54 Å². The lowest BCUT2D eigenvalue weighted by Crippen LogP contribution is -2.39. The smallest absolute Gasteiger partial charge is 0.247 e. The molecule has 122 valence electrons. The SMILES string of the molecule is CCCCN(C(C)CC)S(=O)(=O)c1c(C)oc(C)c1CO. The maximum atomic E-state index is 13.0. The van der Waals surface area contributed by atoms with Gasteiger partial charge in [-0.2, -0.15) is 4.31 Å². The number of rotatable bonds is 8. The van der Waals surface area contributed by atoms with Gasteiger partial charge in [0.25, 0.3) is 0 Å². The van der Waals surface area contributed by atoms with Crippen molar-refractivity contribution in [1.29, 1.82) is 0 Å². The van der Waals surface area contributed by atoms with Gasteiger partial charge < -0.3 is 9.52 Å². The summed E-state index contributed by atoms with van der Waals surface area (Å²) in [7, 11) is -3.66. The predicted molar refractivity (Wildman–Crippen MR) is 82.7 cm³/mol. The number of sulfonamides is 1. The van der Waals surface area contributed by atoms with Gasteiger partial charge in [-0.25, -0.2) is 8.42 Å². The topological polar surface area (TPSA) is 70.8 Å². The average Bonchev–Trinajstić information content (AvgIpc) is 2.72. The van der Waals surface area contributed by atoms with E-state index >= 15 is 0 Å². The van der Waals surface area contributed by atoms with Gasteiger partial charge in [0.1, 0.15) is 16.4 Å². The summed E-state index contributed by atoms with van der Waals surface area (Å²) in [6.45, 7) is 9.38. The van der Waals surface area contributed by atoms with Crippen LogP contribution in [-0.2, 0) is 16.6 Å².